The molecule has 0 saturated carbocycles. The highest BCUT2D eigenvalue weighted by molar-refractivity contribution is 7.92. The zero-order chi connectivity index (χ0) is 17.9. The number of benzene rings is 2. The Balaban J connectivity index is 1.90. The molecule has 0 aliphatic carbocycles. The summed E-state index contributed by atoms with van der Waals surface area (Å²) >= 11 is 0. The number of ether oxygens (including phenoxy) is 3. The van der Waals surface area contributed by atoms with Gasteiger partial charge in [-0.3, -0.25) is 0 Å². The molecule has 1 aliphatic heterocycles. The Labute approximate surface area is 148 Å². The van der Waals surface area contributed by atoms with Crippen molar-refractivity contribution >= 4 is 9.84 Å². The Morgan fingerprint density at radius 2 is 1.92 bits per heavy atom. The molecule has 5 nitrogen and oxygen atoms in total. The second-order valence-electron chi connectivity index (χ2n) is 6.00. The maximum Gasteiger partial charge on any atom is 0.200 e. The molecule has 25 heavy (non-hydrogen) atoms. The van der Waals surface area contributed by atoms with Crippen molar-refractivity contribution in [3.63, 3.8) is 0 Å². The Morgan fingerprint density at radius 3 is 2.60 bits per heavy atom. The third-order valence-corrected chi connectivity index (χ3v) is 4.58. The van der Waals surface area contributed by atoms with Gasteiger partial charge in [-0.2, -0.15) is 0 Å². The largest absolute Gasteiger partial charge is 0.493 e. The average molecular weight is 361 g/mol. The molecule has 0 spiro atoms. The third-order valence-electron chi connectivity index (χ3n) is 3.88. The van der Waals surface area contributed by atoms with Gasteiger partial charge in [0.25, 0.3) is 0 Å². The molecule has 6 heteroatoms. The lowest BCUT2D eigenvalue weighted by molar-refractivity contribution is -0.0402. The maximum atomic E-state index is 11.5. The molecule has 1 unspecified atom stereocenters. The maximum absolute atomic E-state index is 11.5. The highest BCUT2D eigenvalue weighted by atomic mass is 32.2. The summed E-state index contributed by atoms with van der Waals surface area (Å²) in [7, 11) is -1.60. The van der Waals surface area contributed by atoms with Crippen molar-refractivity contribution in [2.24, 2.45) is 0 Å². The molecular formula is C19H21O5S. The number of methoxy groups -OCH3 is 1. The van der Waals surface area contributed by atoms with Gasteiger partial charge < -0.3 is 14.2 Å². The van der Waals surface area contributed by atoms with E-state index in [2.05, 4.69) is 0 Å². The summed E-state index contributed by atoms with van der Waals surface area (Å²) in [5, 5.41) is 0. The van der Waals surface area contributed by atoms with Gasteiger partial charge in [-0.15, -0.1) is 0 Å². The highest BCUT2D eigenvalue weighted by Gasteiger charge is 2.19. The lowest BCUT2D eigenvalue weighted by Gasteiger charge is -2.16. The van der Waals surface area contributed by atoms with Crippen LogP contribution in [-0.4, -0.2) is 34.7 Å². The summed E-state index contributed by atoms with van der Waals surface area (Å²) in [5.74, 6) is 2.51. The van der Waals surface area contributed by atoms with E-state index in [-0.39, 0.29) is 6.29 Å². The first-order chi connectivity index (χ1) is 11.9. The van der Waals surface area contributed by atoms with E-state index in [0.717, 1.165) is 24.0 Å². The number of hydrogen-bond donors (Lipinski definition) is 0. The van der Waals surface area contributed by atoms with Gasteiger partial charge in [0.2, 0.25) is 0 Å². The highest BCUT2D eigenvalue weighted by Crippen LogP contribution is 2.34. The van der Waals surface area contributed by atoms with Crippen LogP contribution in [-0.2, 0) is 14.6 Å². The van der Waals surface area contributed by atoms with E-state index in [4.69, 9.17) is 14.2 Å². The Morgan fingerprint density at radius 1 is 1.12 bits per heavy atom. The zero-order valence-electron chi connectivity index (χ0n) is 14.3. The van der Waals surface area contributed by atoms with Crippen LogP contribution in [0, 0.1) is 5.75 Å². The van der Waals surface area contributed by atoms with E-state index in [1.165, 1.54) is 12.0 Å². The van der Waals surface area contributed by atoms with E-state index >= 15 is 0 Å². The number of sulfone groups is 1. The zero-order valence-corrected chi connectivity index (χ0v) is 15.1. The van der Waals surface area contributed by atoms with Gasteiger partial charge in [-0.25, -0.2) is 8.42 Å². The Hall–Kier alpha value is -2.05. The molecule has 0 N–H and O–H groups in total. The van der Waals surface area contributed by atoms with E-state index < -0.39 is 9.84 Å². The number of rotatable bonds is 6. The fourth-order valence-electron chi connectivity index (χ4n) is 2.77. The molecule has 0 amide bonds. The quantitative estimate of drug-likeness (QED) is 0.789. The van der Waals surface area contributed by atoms with Crippen molar-refractivity contribution < 1.29 is 22.6 Å². The van der Waals surface area contributed by atoms with Crippen LogP contribution in [0.4, 0.5) is 0 Å². The van der Waals surface area contributed by atoms with Crippen LogP contribution in [0.2, 0.25) is 0 Å². The topological polar surface area (TPSA) is 61.8 Å². The van der Waals surface area contributed by atoms with Gasteiger partial charge in [0.15, 0.2) is 27.6 Å². The first-order valence-corrected chi connectivity index (χ1v) is 10.0. The molecule has 133 valence electrons. The van der Waals surface area contributed by atoms with Crippen LogP contribution in [0.3, 0.4) is 0 Å². The predicted molar refractivity (Wildman–Crippen MR) is 96.3 cm³/mol. The molecule has 1 heterocycles. The molecule has 1 aliphatic rings. The van der Waals surface area contributed by atoms with Crippen LogP contribution in [0.15, 0.2) is 42.5 Å². The third kappa shape index (κ3) is 4.74. The molecule has 1 atom stereocenters. The molecule has 1 radical (unpaired) electrons. The summed E-state index contributed by atoms with van der Waals surface area (Å²) in [6.07, 6.45) is 2.76. The van der Waals surface area contributed by atoms with Crippen LogP contribution >= 0.6 is 0 Å². The molecular weight excluding hydrogens is 340 g/mol. The minimum atomic E-state index is -3.20. The van der Waals surface area contributed by atoms with E-state index in [1.54, 1.807) is 13.2 Å². The van der Waals surface area contributed by atoms with Crippen molar-refractivity contribution in [1.82, 2.24) is 0 Å². The molecule has 0 aromatic heterocycles. The molecule has 2 aromatic carbocycles. The summed E-state index contributed by atoms with van der Waals surface area (Å²) in [6.45, 7) is 0.704. The van der Waals surface area contributed by atoms with Gasteiger partial charge in [0, 0.05) is 12.7 Å². The summed E-state index contributed by atoms with van der Waals surface area (Å²) in [6, 6.07) is 13.0. The van der Waals surface area contributed by atoms with E-state index in [0.29, 0.717) is 23.7 Å². The fourth-order valence-corrected chi connectivity index (χ4v) is 3.41. The van der Waals surface area contributed by atoms with Crippen LogP contribution < -0.4 is 9.47 Å². The second kappa shape index (κ2) is 7.45. The van der Waals surface area contributed by atoms with E-state index in [1.807, 2.05) is 36.4 Å². The van der Waals surface area contributed by atoms with Gasteiger partial charge in [-0.05, 0) is 41.3 Å². The Bertz CT molecular complexity index is 839. The predicted octanol–water partition coefficient (Wildman–Crippen LogP) is 3.43. The fraction of sp³-hybridized carbons (Fsp3) is 0.316. The summed E-state index contributed by atoms with van der Waals surface area (Å²) in [5.41, 5.74) is 2.45. The SMILES string of the molecule is COc1ccc(-c2cccc([CH]S(C)(=O)=O)c2)cc1OC1CCCO1. The molecule has 1 fully saturated rings. The molecule has 1 saturated heterocycles. The summed E-state index contributed by atoms with van der Waals surface area (Å²) < 4.78 is 39.8. The van der Waals surface area contributed by atoms with Crippen molar-refractivity contribution in [3.05, 3.63) is 53.8 Å². The van der Waals surface area contributed by atoms with Gasteiger partial charge in [0.05, 0.1) is 13.7 Å². The van der Waals surface area contributed by atoms with Crippen LogP contribution in [0.25, 0.3) is 11.1 Å². The average Bonchev–Trinajstić information content (AvgIpc) is 3.06. The smallest absolute Gasteiger partial charge is 0.200 e. The molecule has 3 rings (SSSR count). The van der Waals surface area contributed by atoms with Crippen LogP contribution in [0.1, 0.15) is 18.4 Å². The van der Waals surface area contributed by atoms with E-state index in [9.17, 15) is 8.42 Å². The minimum Gasteiger partial charge on any atom is -0.493 e. The number of hydrogen-bond acceptors (Lipinski definition) is 5. The second-order valence-corrected chi connectivity index (χ2v) is 7.89. The van der Waals surface area contributed by atoms with Crippen molar-refractivity contribution in [2.45, 2.75) is 19.1 Å². The van der Waals surface area contributed by atoms with Gasteiger partial charge >= 0.3 is 0 Å². The van der Waals surface area contributed by atoms with Crippen molar-refractivity contribution in [1.29, 1.82) is 0 Å². The van der Waals surface area contributed by atoms with Crippen LogP contribution in [0.5, 0.6) is 11.5 Å². The standard InChI is InChI=1S/C19H21O5S/c1-22-17-9-8-16(12-18(17)24-19-7-4-10-23-19)15-6-3-5-14(11-15)13-25(2,20)21/h3,5-6,8-9,11-13,19H,4,7,10H2,1-2H3. The first-order valence-electron chi connectivity index (χ1n) is 8.06. The van der Waals surface area contributed by atoms with Crippen molar-refractivity contribution in [2.75, 3.05) is 20.0 Å². The summed E-state index contributed by atoms with van der Waals surface area (Å²) in [4.78, 5) is 0. The molecule has 2 aromatic rings. The first kappa shape index (κ1) is 17.8. The Kier molecular flexibility index (Phi) is 5.30. The lowest BCUT2D eigenvalue weighted by atomic mass is 10.0. The normalized spacial score (nSPS) is 17.4. The monoisotopic (exact) mass is 361 g/mol. The van der Waals surface area contributed by atoms with Gasteiger partial charge in [0.1, 0.15) is 5.75 Å². The minimum absolute atomic E-state index is 0.256. The van der Waals surface area contributed by atoms with Gasteiger partial charge in [-0.1, -0.05) is 24.3 Å². The van der Waals surface area contributed by atoms with Crippen molar-refractivity contribution in [3.8, 4) is 22.6 Å². The molecule has 0 bridgehead atoms. The lowest BCUT2D eigenvalue weighted by Crippen LogP contribution is -2.14.